The number of benzene rings is 1. The van der Waals surface area contributed by atoms with E-state index in [4.69, 9.17) is 4.74 Å². The number of methoxy groups -OCH3 is 1. The fourth-order valence-corrected chi connectivity index (χ4v) is 3.06. The SMILES string of the molecule is COc1cccc(NC(=O)CN2CCCC(C(=O)NC3CC3)C2)c1. The van der Waals surface area contributed by atoms with Gasteiger partial charge in [0.1, 0.15) is 5.75 Å². The molecular formula is C18H25N3O3. The highest BCUT2D eigenvalue weighted by Gasteiger charge is 2.30. The number of carbonyl (C=O) groups is 2. The molecule has 6 nitrogen and oxygen atoms in total. The van der Waals surface area contributed by atoms with Crippen molar-refractivity contribution in [3.8, 4) is 5.75 Å². The molecule has 0 radical (unpaired) electrons. The summed E-state index contributed by atoms with van der Waals surface area (Å²) in [6.07, 6.45) is 4.07. The van der Waals surface area contributed by atoms with Crippen LogP contribution >= 0.6 is 0 Å². The van der Waals surface area contributed by atoms with E-state index in [0.717, 1.165) is 37.9 Å². The number of ether oxygens (including phenoxy) is 1. The first-order valence-corrected chi connectivity index (χ1v) is 8.60. The monoisotopic (exact) mass is 331 g/mol. The van der Waals surface area contributed by atoms with Crippen LogP contribution in [0.3, 0.4) is 0 Å². The minimum Gasteiger partial charge on any atom is -0.497 e. The quantitative estimate of drug-likeness (QED) is 0.831. The first-order chi connectivity index (χ1) is 11.6. The summed E-state index contributed by atoms with van der Waals surface area (Å²) in [4.78, 5) is 26.5. The van der Waals surface area contributed by atoms with Gasteiger partial charge in [0.15, 0.2) is 0 Å². The predicted octanol–water partition coefficient (Wildman–Crippen LogP) is 1.62. The van der Waals surface area contributed by atoms with E-state index >= 15 is 0 Å². The molecule has 1 heterocycles. The predicted molar refractivity (Wildman–Crippen MR) is 92.0 cm³/mol. The maximum Gasteiger partial charge on any atom is 0.238 e. The summed E-state index contributed by atoms with van der Waals surface area (Å²) in [5.74, 6) is 0.800. The second-order valence-corrected chi connectivity index (χ2v) is 6.64. The van der Waals surface area contributed by atoms with Gasteiger partial charge in [-0.1, -0.05) is 6.07 Å². The van der Waals surface area contributed by atoms with Gasteiger partial charge >= 0.3 is 0 Å². The molecule has 24 heavy (non-hydrogen) atoms. The van der Waals surface area contributed by atoms with E-state index in [-0.39, 0.29) is 17.7 Å². The number of hydrogen-bond acceptors (Lipinski definition) is 4. The van der Waals surface area contributed by atoms with Crippen LogP contribution in [0.25, 0.3) is 0 Å². The molecule has 1 saturated carbocycles. The molecule has 2 N–H and O–H groups in total. The van der Waals surface area contributed by atoms with Crippen LogP contribution in [0.15, 0.2) is 24.3 Å². The number of hydrogen-bond donors (Lipinski definition) is 2. The average Bonchev–Trinajstić information content (AvgIpc) is 3.39. The number of amides is 2. The van der Waals surface area contributed by atoms with Crippen molar-refractivity contribution in [3.63, 3.8) is 0 Å². The first kappa shape index (κ1) is 16.8. The van der Waals surface area contributed by atoms with Crippen LogP contribution in [0.5, 0.6) is 5.75 Å². The Bertz CT molecular complexity index is 601. The van der Waals surface area contributed by atoms with Gasteiger partial charge in [0, 0.05) is 24.3 Å². The fourth-order valence-electron chi connectivity index (χ4n) is 3.06. The molecule has 1 aliphatic heterocycles. The second kappa shape index (κ2) is 7.66. The van der Waals surface area contributed by atoms with Crippen LogP contribution in [-0.4, -0.2) is 49.5 Å². The summed E-state index contributed by atoms with van der Waals surface area (Å²) >= 11 is 0. The zero-order valence-corrected chi connectivity index (χ0v) is 14.1. The summed E-state index contributed by atoms with van der Waals surface area (Å²) in [7, 11) is 1.60. The number of nitrogens with zero attached hydrogens (tertiary/aromatic N) is 1. The van der Waals surface area contributed by atoms with E-state index in [9.17, 15) is 9.59 Å². The van der Waals surface area contributed by atoms with E-state index in [1.54, 1.807) is 13.2 Å². The van der Waals surface area contributed by atoms with Crippen LogP contribution in [0.2, 0.25) is 0 Å². The van der Waals surface area contributed by atoms with Crippen molar-refractivity contribution < 1.29 is 14.3 Å². The Morgan fingerprint density at radius 3 is 2.88 bits per heavy atom. The molecule has 0 aromatic heterocycles. The Kier molecular flexibility index (Phi) is 5.35. The molecule has 1 aromatic rings. The number of anilines is 1. The fraction of sp³-hybridized carbons (Fsp3) is 0.556. The molecule has 2 aliphatic rings. The zero-order valence-electron chi connectivity index (χ0n) is 14.1. The van der Waals surface area contributed by atoms with Crippen molar-refractivity contribution >= 4 is 17.5 Å². The molecule has 1 atom stereocenters. The molecule has 2 fully saturated rings. The van der Waals surface area contributed by atoms with Gasteiger partial charge in [-0.25, -0.2) is 0 Å². The third-order valence-corrected chi connectivity index (χ3v) is 4.52. The van der Waals surface area contributed by atoms with Crippen LogP contribution in [0.4, 0.5) is 5.69 Å². The maximum atomic E-state index is 12.3. The lowest BCUT2D eigenvalue weighted by Crippen LogP contribution is -2.45. The maximum absolute atomic E-state index is 12.3. The lowest BCUT2D eigenvalue weighted by molar-refractivity contribution is -0.128. The molecule has 3 rings (SSSR count). The molecule has 0 bridgehead atoms. The van der Waals surface area contributed by atoms with Crippen LogP contribution in [0.1, 0.15) is 25.7 Å². The smallest absolute Gasteiger partial charge is 0.238 e. The Balaban J connectivity index is 1.48. The molecule has 2 amide bonds. The molecule has 6 heteroatoms. The van der Waals surface area contributed by atoms with Crippen molar-refractivity contribution in [3.05, 3.63) is 24.3 Å². The Labute approximate surface area is 142 Å². The minimum absolute atomic E-state index is 0.00368. The molecule has 1 aromatic carbocycles. The third-order valence-electron chi connectivity index (χ3n) is 4.52. The van der Waals surface area contributed by atoms with Crippen molar-refractivity contribution in [1.29, 1.82) is 0 Å². The standard InChI is InChI=1S/C18H25N3O3/c1-24-16-6-2-5-15(10-16)19-17(22)12-21-9-3-4-13(11-21)18(23)20-14-7-8-14/h2,5-6,10,13-14H,3-4,7-9,11-12H2,1H3,(H,19,22)(H,20,23). The lowest BCUT2D eigenvalue weighted by atomic mass is 9.97. The van der Waals surface area contributed by atoms with Gasteiger partial charge < -0.3 is 15.4 Å². The Morgan fingerprint density at radius 1 is 1.29 bits per heavy atom. The largest absolute Gasteiger partial charge is 0.497 e. The summed E-state index contributed by atoms with van der Waals surface area (Å²) in [5, 5.41) is 5.96. The van der Waals surface area contributed by atoms with E-state index in [0.29, 0.717) is 24.9 Å². The van der Waals surface area contributed by atoms with Crippen molar-refractivity contribution in [1.82, 2.24) is 10.2 Å². The summed E-state index contributed by atoms with van der Waals surface area (Å²) in [6, 6.07) is 7.70. The van der Waals surface area contributed by atoms with Crippen molar-refractivity contribution in [2.75, 3.05) is 32.1 Å². The van der Waals surface area contributed by atoms with Gasteiger partial charge in [0.2, 0.25) is 11.8 Å². The van der Waals surface area contributed by atoms with E-state index in [2.05, 4.69) is 15.5 Å². The summed E-state index contributed by atoms with van der Waals surface area (Å²) < 4.78 is 5.16. The van der Waals surface area contributed by atoms with Crippen molar-refractivity contribution in [2.45, 2.75) is 31.7 Å². The van der Waals surface area contributed by atoms with Crippen LogP contribution in [0, 0.1) is 5.92 Å². The summed E-state index contributed by atoms with van der Waals surface area (Å²) in [5.41, 5.74) is 0.722. The Morgan fingerprint density at radius 2 is 2.12 bits per heavy atom. The molecular weight excluding hydrogens is 306 g/mol. The van der Waals surface area contributed by atoms with Gasteiger partial charge in [0.25, 0.3) is 0 Å². The highest BCUT2D eigenvalue weighted by Crippen LogP contribution is 2.22. The highest BCUT2D eigenvalue weighted by molar-refractivity contribution is 5.92. The second-order valence-electron chi connectivity index (χ2n) is 6.64. The minimum atomic E-state index is -0.0634. The van der Waals surface area contributed by atoms with Crippen LogP contribution < -0.4 is 15.4 Å². The Hall–Kier alpha value is -2.08. The number of piperidine rings is 1. The van der Waals surface area contributed by atoms with Crippen LogP contribution in [-0.2, 0) is 9.59 Å². The van der Waals surface area contributed by atoms with Gasteiger partial charge in [-0.05, 0) is 44.4 Å². The van der Waals surface area contributed by atoms with E-state index in [1.807, 2.05) is 18.2 Å². The molecule has 1 unspecified atom stereocenters. The van der Waals surface area contributed by atoms with E-state index in [1.165, 1.54) is 0 Å². The van der Waals surface area contributed by atoms with Crippen molar-refractivity contribution in [2.24, 2.45) is 5.92 Å². The average molecular weight is 331 g/mol. The number of rotatable bonds is 6. The molecule has 1 aliphatic carbocycles. The first-order valence-electron chi connectivity index (χ1n) is 8.60. The normalized spacial score (nSPS) is 21.1. The van der Waals surface area contributed by atoms with Gasteiger partial charge in [-0.15, -0.1) is 0 Å². The van der Waals surface area contributed by atoms with Gasteiger partial charge in [-0.2, -0.15) is 0 Å². The molecule has 0 spiro atoms. The van der Waals surface area contributed by atoms with Gasteiger partial charge in [0.05, 0.1) is 19.6 Å². The zero-order chi connectivity index (χ0) is 16.9. The lowest BCUT2D eigenvalue weighted by Gasteiger charge is -2.31. The number of carbonyl (C=O) groups excluding carboxylic acids is 2. The number of likely N-dealkylation sites (tertiary alicyclic amines) is 1. The summed E-state index contributed by atoms with van der Waals surface area (Å²) in [6.45, 7) is 1.83. The van der Waals surface area contributed by atoms with E-state index < -0.39 is 0 Å². The number of nitrogens with one attached hydrogen (secondary N) is 2. The van der Waals surface area contributed by atoms with Gasteiger partial charge in [-0.3, -0.25) is 14.5 Å². The molecule has 130 valence electrons. The molecule has 1 saturated heterocycles. The highest BCUT2D eigenvalue weighted by atomic mass is 16.5. The third kappa shape index (κ3) is 4.71. The topological polar surface area (TPSA) is 70.7 Å².